The Morgan fingerprint density at radius 3 is 2.57 bits per heavy atom. The van der Waals surface area contributed by atoms with Crippen molar-refractivity contribution < 1.29 is 14.3 Å². The van der Waals surface area contributed by atoms with Crippen molar-refractivity contribution in [3.8, 4) is 0 Å². The minimum atomic E-state index is -0.506. The number of primary amides is 1. The van der Waals surface area contributed by atoms with Crippen LogP contribution in [0.3, 0.4) is 0 Å². The molecule has 6 heteroatoms. The van der Waals surface area contributed by atoms with E-state index in [9.17, 15) is 9.59 Å². The van der Waals surface area contributed by atoms with Crippen LogP contribution < -0.4 is 16.4 Å². The molecule has 0 aliphatic rings. The highest BCUT2D eigenvalue weighted by molar-refractivity contribution is 5.92. The van der Waals surface area contributed by atoms with Gasteiger partial charge in [0, 0.05) is 24.7 Å². The third kappa shape index (κ3) is 7.65. The molecular formula is C17H27N3O3. The summed E-state index contributed by atoms with van der Waals surface area (Å²) in [5, 5.41) is 6.11. The number of hydrogen-bond acceptors (Lipinski definition) is 4. The molecule has 0 saturated heterocycles. The van der Waals surface area contributed by atoms with Gasteiger partial charge in [0.2, 0.25) is 5.91 Å². The first-order valence-electron chi connectivity index (χ1n) is 7.80. The van der Waals surface area contributed by atoms with Crippen molar-refractivity contribution in [2.24, 2.45) is 5.73 Å². The molecule has 0 heterocycles. The topological polar surface area (TPSA) is 93.4 Å². The number of benzene rings is 1. The Kier molecular flexibility index (Phi) is 7.03. The maximum absolute atomic E-state index is 11.7. The summed E-state index contributed by atoms with van der Waals surface area (Å²) in [6.07, 6.45) is 0.430. The first-order valence-corrected chi connectivity index (χ1v) is 7.80. The van der Waals surface area contributed by atoms with Crippen LogP contribution in [0.1, 0.15) is 50.0 Å². The van der Waals surface area contributed by atoms with Crippen molar-refractivity contribution in [1.29, 1.82) is 0 Å². The molecule has 6 nitrogen and oxygen atoms in total. The van der Waals surface area contributed by atoms with Gasteiger partial charge in [0.1, 0.15) is 5.60 Å². The van der Waals surface area contributed by atoms with Gasteiger partial charge in [0.25, 0.3) is 0 Å². The summed E-state index contributed by atoms with van der Waals surface area (Å²) in [5.74, 6) is -0.439. The molecule has 1 unspecified atom stereocenters. The first kappa shape index (κ1) is 19.0. The maximum atomic E-state index is 11.7. The normalized spacial score (nSPS) is 12.5. The zero-order valence-corrected chi connectivity index (χ0v) is 14.3. The molecule has 1 aromatic rings. The quantitative estimate of drug-likeness (QED) is 0.717. The highest BCUT2D eigenvalue weighted by Crippen LogP contribution is 2.07. The van der Waals surface area contributed by atoms with Gasteiger partial charge in [0.15, 0.2) is 0 Å². The van der Waals surface area contributed by atoms with Crippen LogP contribution in [0.25, 0.3) is 0 Å². The number of hydrogen-bond donors (Lipinski definition) is 3. The number of carbonyl (C=O) groups excluding carboxylic acids is 2. The number of rotatable bonds is 7. The second-order valence-corrected chi connectivity index (χ2v) is 6.43. The average Bonchev–Trinajstić information content (AvgIpc) is 2.46. The lowest BCUT2D eigenvalue weighted by Crippen LogP contribution is -2.42. The van der Waals surface area contributed by atoms with E-state index in [-0.39, 0.29) is 6.04 Å². The SMILES string of the molecule is CCC(CNC(=O)OC(C)(C)C)NCc1cccc(C(N)=O)c1. The molecule has 128 valence electrons. The van der Waals surface area contributed by atoms with E-state index in [1.165, 1.54) is 0 Å². The molecule has 2 amide bonds. The van der Waals surface area contributed by atoms with E-state index in [4.69, 9.17) is 10.5 Å². The molecular weight excluding hydrogens is 294 g/mol. The second-order valence-electron chi connectivity index (χ2n) is 6.43. The number of carbonyl (C=O) groups is 2. The first-order chi connectivity index (χ1) is 10.7. The third-order valence-corrected chi connectivity index (χ3v) is 3.19. The van der Waals surface area contributed by atoms with Gasteiger partial charge in [0.05, 0.1) is 0 Å². The number of nitrogens with two attached hydrogens (primary N) is 1. The van der Waals surface area contributed by atoms with Gasteiger partial charge in [-0.05, 0) is 44.9 Å². The van der Waals surface area contributed by atoms with Gasteiger partial charge in [-0.3, -0.25) is 4.79 Å². The molecule has 0 aliphatic carbocycles. The van der Waals surface area contributed by atoms with Crippen LogP contribution in [0, 0.1) is 0 Å². The van der Waals surface area contributed by atoms with Crippen LogP contribution in [-0.2, 0) is 11.3 Å². The van der Waals surface area contributed by atoms with Crippen LogP contribution in [0.4, 0.5) is 4.79 Å². The van der Waals surface area contributed by atoms with Gasteiger partial charge in [-0.2, -0.15) is 0 Å². The molecule has 1 rings (SSSR count). The fourth-order valence-electron chi connectivity index (χ4n) is 1.98. The Labute approximate surface area is 137 Å². The minimum Gasteiger partial charge on any atom is -0.444 e. The van der Waals surface area contributed by atoms with Gasteiger partial charge in [-0.15, -0.1) is 0 Å². The standard InChI is InChI=1S/C17H27N3O3/c1-5-14(11-20-16(22)23-17(2,3)4)19-10-12-7-6-8-13(9-12)15(18)21/h6-9,14,19H,5,10-11H2,1-4H3,(H2,18,21)(H,20,22). The molecule has 1 aromatic carbocycles. The monoisotopic (exact) mass is 321 g/mol. The van der Waals surface area contributed by atoms with Crippen molar-refractivity contribution >= 4 is 12.0 Å². The molecule has 0 aliphatic heterocycles. The zero-order chi connectivity index (χ0) is 17.5. The number of ether oxygens (including phenoxy) is 1. The molecule has 0 bridgehead atoms. The lowest BCUT2D eigenvalue weighted by Gasteiger charge is -2.22. The van der Waals surface area contributed by atoms with Crippen molar-refractivity contribution in [3.05, 3.63) is 35.4 Å². The molecule has 1 atom stereocenters. The lowest BCUT2D eigenvalue weighted by atomic mass is 10.1. The maximum Gasteiger partial charge on any atom is 0.407 e. The van der Waals surface area contributed by atoms with E-state index in [2.05, 4.69) is 10.6 Å². The molecule has 4 N–H and O–H groups in total. The summed E-state index contributed by atoms with van der Waals surface area (Å²) in [5.41, 5.74) is 6.23. The van der Waals surface area contributed by atoms with Crippen LogP contribution in [0.5, 0.6) is 0 Å². The highest BCUT2D eigenvalue weighted by atomic mass is 16.6. The predicted octanol–water partition coefficient (Wildman–Crippen LogP) is 2.18. The van der Waals surface area contributed by atoms with E-state index >= 15 is 0 Å². The van der Waals surface area contributed by atoms with Crippen molar-refractivity contribution in [2.75, 3.05) is 6.54 Å². The molecule has 23 heavy (non-hydrogen) atoms. The van der Waals surface area contributed by atoms with Crippen molar-refractivity contribution in [2.45, 2.75) is 52.3 Å². The summed E-state index contributed by atoms with van der Waals surface area (Å²) in [4.78, 5) is 22.8. The number of amides is 2. The van der Waals surface area contributed by atoms with Gasteiger partial charge in [-0.1, -0.05) is 19.1 Å². The molecule has 0 radical (unpaired) electrons. The predicted molar refractivity (Wildman–Crippen MR) is 90.1 cm³/mol. The Morgan fingerprint density at radius 1 is 1.30 bits per heavy atom. The summed E-state index contributed by atoms with van der Waals surface area (Å²) in [6.45, 7) is 8.58. The van der Waals surface area contributed by atoms with E-state index in [0.29, 0.717) is 18.7 Å². The Balaban J connectivity index is 2.46. The van der Waals surface area contributed by atoms with Crippen molar-refractivity contribution in [1.82, 2.24) is 10.6 Å². The number of alkyl carbamates (subject to hydrolysis) is 1. The van der Waals surface area contributed by atoms with Crippen LogP contribution in [0.15, 0.2) is 24.3 Å². The van der Waals surface area contributed by atoms with Gasteiger partial charge >= 0.3 is 6.09 Å². The van der Waals surface area contributed by atoms with E-state index < -0.39 is 17.6 Å². The van der Waals surface area contributed by atoms with Crippen molar-refractivity contribution in [3.63, 3.8) is 0 Å². The zero-order valence-electron chi connectivity index (χ0n) is 14.3. The van der Waals surface area contributed by atoms with E-state index in [1.807, 2.05) is 33.8 Å². The summed E-state index contributed by atoms with van der Waals surface area (Å²) in [7, 11) is 0. The smallest absolute Gasteiger partial charge is 0.407 e. The lowest BCUT2D eigenvalue weighted by molar-refractivity contribution is 0.0522. The van der Waals surface area contributed by atoms with E-state index in [1.54, 1.807) is 18.2 Å². The number of nitrogens with one attached hydrogen (secondary N) is 2. The minimum absolute atomic E-state index is 0.111. The van der Waals surface area contributed by atoms with Gasteiger partial charge in [-0.25, -0.2) is 4.79 Å². The fraction of sp³-hybridized carbons (Fsp3) is 0.529. The van der Waals surface area contributed by atoms with Crippen LogP contribution in [0.2, 0.25) is 0 Å². The second kappa shape index (κ2) is 8.53. The third-order valence-electron chi connectivity index (χ3n) is 3.19. The molecule has 0 spiro atoms. The average molecular weight is 321 g/mol. The van der Waals surface area contributed by atoms with Crippen LogP contribution >= 0.6 is 0 Å². The van der Waals surface area contributed by atoms with Crippen LogP contribution in [-0.4, -0.2) is 30.2 Å². The Hall–Kier alpha value is -2.08. The summed E-state index contributed by atoms with van der Waals surface area (Å²) >= 11 is 0. The highest BCUT2D eigenvalue weighted by Gasteiger charge is 2.16. The molecule has 0 aromatic heterocycles. The molecule has 0 fully saturated rings. The largest absolute Gasteiger partial charge is 0.444 e. The summed E-state index contributed by atoms with van der Waals surface area (Å²) in [6, 6.07) is 7.29. The Bertz CT molecular complexity index is 538. The Morgan fingerprint density at radius 2 is 2.00 bits per heavy atom. The van der Waals surface area contributed by atoms with Gasteiger partial charge < -0.3 is 21.1 Å². The fourth-order valence-corrected chi connectivity index (χ4v) is 1.98. The van der Waals surface area contributed by atoms with E-state index in [0.717, 1.165) is 12.0 Å². The summed E-state index contributed by atoms with van der Waals surface area (Å²) < 4.78 is 5.21. The molecule has 0 saturated carbocycles.